The minimum atomic E-state index is -2.88. The maximum atomic E-state index is 11.4. The number of hydrogen-bond donors (Lipinski definition) is 0. The van der Waals surface area contributed by atoms with E-state index in [1.165, 1.54) is 0 Å². The fraction of sp³-hybridized carbons (Fsp3) is 0.400. The highest BCUT2D eigenvalue weighted by Gasteiger charge is 2.09. The van der Waals surface area contributed by atoms with Gasteiger partial charge in [0.25, 0.3) is 0 Å². The van der Waals surface area contributed by atoms with Crippen molar-refractivity contribution in [3.8, 4) is 0 Å². The number of benzene rings is 1. The minimum Gasteiger partial charge on any atom is -0.228 e. The van der Waals surface area contributed by atoms with E-state index in [1.54, 1.807) is 0 Å². The fourth-order valence-electron chi connectivity index (χ4n) is 1.21. The first-order chi connectivity index (χ1) is 6.14. The van der Waals surface area contributed by atoms with E-state index in [2.05, 4.69) is 0 Å². The molecule has 0 spiro atoms. The second kappa shape index (κ2) is 4.42. The third-order valence-electron chi connectivity index (χ3n) is 1.74. The summed E-state index contributed by atoms with van der Waals surface area (Å²) in [5.74, 6) is 0.448. The van der Waals surface area contributed by atoms with Crippen LogP contribution in [0.15, 0.2) is 30.3 Å². The van der Waals surface area contributed by atoms with E-state index < -0.39 is 9.84 Å². The molecule has 0 fully saturated rings. The molecule has 0 atom stereocenters. The van der Waals surface area contributed by atoms with Gasteiger partial charge >= 0.3 is 0 Å². The monoisotopic (exact) mass is 198 g/mol. The quantitative estimate of drug-likeness (QED) is 0.741. The van der Waals surface area contributed by atoms with Gasteiger partial charge < -0.3 is 0 Å². The van der Waals surface area contributed by atoms with Gasteiger partial charge in [-0.1, -0.05) is 37.3 Å². The van der Waals surface area contributed by atoms with E-state index in [9.17, 15) is 8.42 Å². The lowest BCUT2D eigenvalue weighted by atomic mass is 10.2. The van der Waals surface area contributed by atoms with Gasteiger partial charge in [0.05, 0.1) is 11.5 Å². The molecule has 0 bridgehead atoms. The van der Waals surface area contributed by atoms with Crippen LogP contribution in [0.5, 0.6) is 0 Å². The minimum absolute atomic E-state index is 0.168. The third kappa shape index (κ3) is 3.59. The van der Waals surface area contributed by atoms with E-state index in [0.29, 0.717) is 6.42 Å². The summed E-state index contributed by atoms with van der Waals surface area (Å²) in [6.45, 7) is 1.88. The predicted octanol–water partition coefficient (Wildman–Crippen LogP) is 2.01. The maximum absolute atomic E-state index is 11.4. The second-order valence-corrected chi connectivity index (χ2v) is 5.26. The van der Waals surface area contributed by atoms with Crippen LogP contribution < -0.4 is 0 Å². The van der Waals surface area contributed by atoms with E-state index >= 15 is 0 Å². The molecule has 0 amide bonds. The molecule has 0 unspecified atom stereocenters. The predicted molar refractivity (Wildman–Crippen MR) is 54.2 cm³/mol. The van der Waals surface area contributed by atoms with Crippen molar-refractivity contribution in [2.45, 2.75) is 19.1 Å². The summed E-state index contributed by atoms with van der Waals surface area (Å²) < 4.78 is 22.8. The lowest BCUT2D eigenvalue weighted by Gasteiger charge is -2.01. The van der Waals surface area contributed by atoms with Crippen molar-refractivity contribution < 1.29 is 8.42 Å². The molecule has 3 heteroatoms. The molecule has 0 radical (unpaired) electrons. The van der Waals surface area contributed by atoms with Crippen LogP contribution in [0.3, 0.4) is 0 Å². The molecule has 2 nitrogen and oxygen atoms in total. The average Bonchev–Trinajstić information content (AvgIpc) is 2.04. The fourth-order valence-corrected chi connectivity index (χ4v) is 2.68. The lowest BCUT2D eigenvalue weighted by Crippen LogP contribution is -2.08. The Hall–Kier alpha value is -0.830. The molecule has 1 aromatic rings. The van der Waals surface area contributed by atoms with Crippen molar-refractivity contribution in [3.05, 3.63) is 35.9 Å². The van der Waals surface area contributed by atoms with Crippen LogP contribution in [0.1, 0.15) is 18.9 Å². The zero-order chi connectivity index (χ0) is 9.73. The molecule has 0 N–H and O–H groups in total. The molecule has 72 valence electrons. The Kier molecular flexibility index (Phi) is 3.48. The van der Waals surface area contributed by atoms with Crippen molar-refractivity contribution in [1.29, 1.82) is 0 Å². The molecule has 1 aromatic carbocycles. The molecule has 0 saturated carbocycles. The van der Waals surface area contributed by atoms with E-state index in [4.69, 9.17) is 0 Å². The summed E-state index contributed by atoms with van der Waals surface area (Å²) in [4.78, 5) is 0. The van der Waals surface area contributed by atoms with Gasteiger partial charge in [-0.05, 0) is 12.0 Å². The summed E-state index contributed by atoms with van der Waals surface area (Å²) in [5.41, 5.74) is 0.871. The Morgan fingerprint density at radius 2 is 1.77 bits per heavy atom. The van der Waals surface area contributed by atoms with Crippen molar-refractivity contribution in [1.82, 2.24) is 0 Å². The number of rotatable bonds is 4. The van der Waals surface area contributed by atoms with Crippen molar-refractivity contribution in [3.63, 3.8) is 0 Å². The van der Waals surface area contributed by atoms with Crippen LogP contribution in [0, 0.1) is 0 Å². The van der Waals surface area contributed by atoms with Crippen LogP contribution >= 0.6 is 0 Å². The van der Waals surface area contributed by atoms with Crippen molar-refractivity contribution >= 4 is 9.84 Å². The van der Waals surface area contributed by atoms with Gasteiger partial charge in [0.15, 0.2) is 9.84 Å². The zero-order valence-electron chi connectivity index (χ0n) is 7.73. The smallest absolute Gasteiger partial charge is 0.154 e. The maximum Gasteiger partial charge on any atom is 0.154 e. The van der Waals surface area contributed by atoms with Gasteiger partial charge in [0.2, 0.25) is 0 Å². The van der Waals surface area contributed by atoms with Crippen LogP contribution in [0.2, 0.25) is 0 Å². The van der Waals surface area contributed by atoms with E-state index in [1.807, 2.05) is 37.3 Å². The first-order valence-corrected chi connectivity index (χ1v) is 6.20. The molecule has 0 aromatic heterocycles. The first-order valence-electron chi connectivity index (χ1n) is 4.38. The molecule has 0 heterocycles. The second-order valence-electron chi connectivity index (χ2n) is 3.08. The topological polar surface area (TPSA) is 34.1 Å². The summed E-state index contributed by atoms with van der Waals surface area (Å²) >= 11 is 0. The highest BCUT2D eigenvalue weighted by Crippen LogP contribution is 2.06. The molecule has 0 aliphatic heterocycles. The van der Waals surface area contributed by atoms with Gasteiger partial charge in [-0.2, -0.15) is 0 Å². The Morgan fingerprint density at radius 3 is 2.31 bits per heavy atom. The largest absolute Gasteiger partial charge is 0.228 e. The van der Waals surface area contributed by atoms with Crippen LogP contribution in [-0.2, 0) is 15.6 Å². The molecule has 13 heavy (non-hydrogen) atoms. The Bertz CT molecular complexity index is 340. The molecular formula is C10H14O2S. The van der Waals surface area contributed by atoms with Crippen LogP contribution in [0.4, 0.5) is 0 Å². The normalized spacial score (nSPS) is 11.5. The molecular weight excluding hydrogens is 184 g/mol. The van der Waals surface area contributed by atoms with E-state index in [0.717, 1.165) is 5.56 Å². The highest BCUT2D eigenvalue weighted by molar-refractivity contribution is 7.90. The lowest BCUT2D eigenvalue weighted by molar-refractivity contribution is 0.594. The first kappa shape index (κ1) is 10.3. The average molecular weight is 198 g/mol. The van der Waals surface area contributed by atoms with Gasteiger partial charge in [0, 0.05) is 0 Å². The summed E-state index contributed by atoms with van der Waals surface area (Å²) in [6.07, 6.45) is 0.690. The van der Waals surface area contributed by atoms with Gasteiger partial charge in [0.1, 0.15) is 0 Å². The molecule has 0 saturated heterocycles. The highest BCUT2D eigenvalue weighted by atomic mass is 32.2. The standard InChI is InChI=1S/C10H14O2S/c1-2-8-13(11,12)9-10-6-4-3-5-7-10/h3-7H,2,8-9H2,1H3. The van der Waals surface area contributed by atoms with Gasteiger partial charge in [-0.3, -0.25) is 0 Å². The molecule has 1 rings (SSSR count). The number of hydrogen-bond acceptors (Lipinski definition) is 2. The van der Waals surface area contributed by atoms with Crippen molar-refractivity contribution in [2.75, 3.05) is 5.75 Å². The molecule has 0 aliphatic carbocycles. The van der Waals surface area contributed by atoms with Gasteiger partial charge in [-0.15, -0.1) is 0 Å². The summed E-state index contributed by atoms with van der Waals surface area (Å²) in [6, 6.07) is 9.28. The summed E-state index contributed by atoms with van der Waals surface area (Å²) in [7, 11) is -2.88. The summed E-state index contributed by atoms with van der Waals surface area (Å²) in [5, 5.41) is 0. The molecule has 0 aliphatic rings. The van der Waals surface area contributed by atoms with Crippen molar-refractivity contribution in [2.24, 2.45) is 0 Å². The van der Waals surface area contributed by atoms with Gasteiger partial charge in [-0.25, -0.2) is 8.42 Å². The van der Waals surface area contributed by atoms with Crippen LogP contribution in [0.25, 0.3) is 0 Å². The van der Waals surface area contributed by atoms with E-state index in [-0.39, 0.29) is 11.5 Å². The third-order valence-corrected chi connectivity index (χ3v) is 3.55. The SMILES string of the molecule is CCCS(=O)(=O)Cc1ccccc1. The Morgan fingerprint density at radius 1 is 1.15 bits per heavy atom. The Balaban J connectivity index is 2.70. The number of sulfone groups is 1. The zero-order valence-corrected chi connectivity index (χ0v) is 8.55. The Labute approximate surface area is 79.5 Å². The van der Waals surface area contributed by atoms with Crippen LogP contribution in [-0.4, -0.2) is 14.2 Å².